The van der Waals surface area contributed by atoms with Gasteiger partial charge in [-0.2, -0.15) is 0 Å². The number of aromatic nitrogens is 5. The molecule has 5 rings (SSSR count). The molecule has 132 valence electrons. The number of hydrogen-bond acceptors (Lipinski definition) is 6. The summed E-state index contributed by atoms with van der Waals surface area (Å²) < 4.78 is 2.35. The van der Waals surface area contributed by atoms with Gasteiger partial charge in [-0.1, -0.05) is 0 Å². The van der Waals surface area contributed by atoms with Crippen molar-refractivity contribution < 1.29 is 0 Å². The highest BCUT2D eigenvalue weighted by molar-refractivity contribution is 5.40. The summed E-state index contributed by atoms with van der Waals surface area (Å²) in [4.78, 5) is 13.7. The second-order valence-corrected chi connectivity index (χ2v) is 7.78. The van der Waals surface area contributed by atoms with Crippen LogP contribution in [0.15, 0.2) is 12.4 Å². The topological polar surface area (TPSA) is 63.0 Å². The predicted octanol–water partition coefficient (Wildman–Crippen LogP) is 1.28. The largest absolute Gasteiger partial charge is 0.356 e. The third kappa shape index (κ3) is 2.80. The molecule has 2 atom stereocenters. The zero-order valence-corrected chi connectivity index (χ0v) is 14.8. The van der Waals surface area contributed by atoms with Crippen LogP contribution in [0.2, 0.25) is 0 Å². The lowest BCUT2D eigenvalue weighted by Crippen LogP contribution is -2.30. The molecule has 2 saturated heterocycles. The van der Waals surface area contributed by atoms with Gasteiger partial charge in [0.15, 0.2) is 0 Å². The number of anilines is 1. The molecule has 0 aromatic carbocycles. The first-order valence-corrected chi connectivity index (χ1v) is 9.43. The molecule has 25 heavy (non-hydrogen) atoms. The molecule has 7 heteroatoms. The highest BCUT2D eigenvalue weighted by atomic mass is 15.3. The molecule has 5 heterocycles. The molecule has 2 fully saturated rings. The fourth-order valence-corrected chi connectivity index (χ4v) is 4.71. The molecule has 2 aromatic heterocycles. The van der Waals surface area contributed by atoms with Crippen LogP contribution in [0.4, 0.5) is 5.82 Å². The molecule has 0 bridgehead atoms. The molecular weight excluding hydrogens is 314 g/mol. The lowest BCUT2D eigenvalue weighted by molar-refractivity contribution is 0.293. The zero-order valence-electron chi connectivity index (χ0n) is 14.8. The van der Waals surface area contributed by atoms with Gasteiger partial charge in [0.1, 0.15) is 23.8 Å². The van der Waals surface area contributed by atoms with E-state index >= 15 is 0 Å². The van der Waals surface area contributed by atoms with E-state index in [-0.39, 0.29) is 0 Å². The molecule has 2 unspecified atom stereocenters. The minimum Gasteiger partial charge on any atom is -0.356 e. The van der Waals surface area contributed by atoms with E-state index in [0.29, 0.717) is 0 Å². The van der Waals surface area contributed by atoms with Gasteiger partial charge < -0.3 is 9.47 Å². The molecule has 0 radical (unpaired) electrons. The van der Waals surface area contributed by atoms with Crippen molar-refractivity contribution in [1.29, 1.82) is 0 Å². The van der Waals surface area contributed by atoms with Crippen molar-refractivity contribution in [2.45, 2.75) is 39.3 Å². The maximum atomic E-state index is 4.47. The van der Waals surface area contributed by atoms with Crippen molar-refractivity contribution >= 4 is 5.82 Å². The number of nitrogens with zero attached hydrogens (tertiary/aromatic N) is 7. The Morgan fingerprint density at radius 1 is 1.04 bits per heavy atom. The lowest BCUT2D eigenvalue weighted by Gasteiger charge is -2.22. The van der Waals surface area contributed by atoms with Crippen molar-refractivity contribution in [2.75, 3.05) is 31.1 Å². The maximum Gasteiger partial charge on any atom is 0.147 e. The van der Waals surface area contributed by atoms with Crippen LogP contribution in [0.5, 0.6) is 0 Å². The van der Waals surface area contributed by atoms with Gasteiger partial charge >= 0.3 is 0 Å². The Bertz CT molecular complexity index is 757. The minimum atomic E-state index is 0.735. The molecule has 0 spiro atoms. The zero-order chi connectivity index (χ0) is 16.8. The monoisotopic (exact) mass is 339 g/mol. The van der Waals surface area contributed by atoms with Gasteiger partial charge in [-0.25, -0.2) is 9.97 Å². The van der Waals surface area contributed by atoms with E-state index in [0.717, 1.165) is 74.9 Å². The second kappa shape index (κ2) is 6.05. The summed E-state index contributed by atoms with van der Waals surface area (Å²) in [5, 5.41) is 8.87. The third-order valence-electron chi connectivity index (χ3n) is 5.98. The van der Waals surface area contributed by atoms with Crippen LogP contribution in [-0.4, -0.2) is 55.8 Å². The molecule has 0 saturated carbocycles. The first kappa shape index (κ1) is 15.3. The fourth-order valence-electron chi connectivity index (χ4n) is 4.71. The van der Waals surface area contributed by atoms with Gasteiger partial charge in [-0.05, 0) is 31.6 Å². The summed E-state index contributed by atoms with van der Waals surface area (Å²) >= 11 is 0. The number of fused-ring (bicyclic) bond motifs is 2. The van der Waals surface area contributed by atoms with E-state index in [1.807, 2.05) is 6.92 Å². The smallest absolute Gasteiger partial charge is 0.147 e. The van der Waals surface area contributed by atoms with Gasteiger partial charge in [0.25, 0.3) is 0 Å². The Labute approximate surface area is 148 Å². The number of rotatable bonds is 3. The van der Waals surface area contributed by atoms with Gasteiger partial charge in [0.05, 0.1) is 6.54 Å². The molecule has 0 aliphatic carbocycles. The molecule has 0 amide bonds. The first-order chi connectivity index (χ1) is 12.3. The van der Waals surface area contributed by atoms with E-state index in [1.54, 1.807) is 6.33 Å². The van der Waals surface area contributed by atoms with Gasteiger partial charge in [-0.15, -0.1) is 10.2 Å². The van der Waals surface area contributed by atoms with Crippen molar-refractivity contribution in [3.05, 3.63) is 29.7 Å². The van der Waals surface area contributed by atoms with E-state index in [4.69, 9.17) is 0 Å². The van der Waals surface area contributed by atoms with Crippen molar-refractivity contribution in [2.24, 2.45) is 11.8 Å². The standard InChI is InChI=1S/C18H25N7/c1-13-6-17(20-12-19-13)24-9-14-7-23(8-15(14)10-24)11-18-22-21-16-4-2-3-5-25(16)18/h6,12,14-15H,2-5,7-11H2,1H3. The Hall–Kier alpha value is -2.02. The molecule has 0 N–H and O–H groups in total. The summed E-state index contributed by atoms with van der Waals surface area (Å²) in [6, 6.07) is 2.10. The summed E-state index contributed by atoms with van der Waals surface area (Å²) in [5.41, 5.74) is 1.04. The minimum absolute atomic E-state index is 0.735. The number of hydrogen-bond donors (Lipinski definition) is 0. The van der Waals surface area contributed by atoms with Crippen LogP contribution >= 0.6 is 0 Å². The average molecular weight is 339 g/mol. The Morgan fingerprint density at radius 2 is 1.88 bits per heavy atom. The second-order valence-electron chi connectivity index (χ2n) is 7.78. The van der Waals surface area contributed by atoms with Gasteiger partial charge in [0.2, 0.25) is 0 Å². The Kier molecular flexibility index (Phi) is 3.69. The van der Waals surface area contributed by atoms with Crippen LogP contribution in [0.1, 0.15) is 30.2 Å². The quantitative estimate of drug-likeness (QED) is 0.839. The van der Waals surface area contributed by atoms with Crippen LogP contribution < -0.4 is 4.90 Å². The average Bonchev–Trinajstić information content (AvgIpc) is 3.29. The maximum absolute atomic E-state index is 4.47. The van der Waals surface area contributed by atoms with Crippen LogP contribution in [0, 0.1) is 18.8 Å². The van der Waals surface area contributed by atoms with Crippen LogP contribution in [-0.2, 0) is 19.5 Å². The number of likely N-dealkylation sites (tertiary alicyclic amines) is 1. The molecule has 2 aromatic rings. The molecular formula is C18H25N7. The number of aryl methyl sites for hydroxylation is 2. The first-order valence-electron chi connectivity index (χ1n) is 9.43. The van der Waals surface area contributed by atoms with E-state index < -0.39 is 0 Å². The highest BCUT2D eigenvalue weighted by Crippen LogP contribution is 2.34. The summed E-state index contributed by atoms with van der Waals surface area (Å²) in [7, 11) is 0. The predicted molar refractivity (Wildman–Crippen MR) is 94.2 cm³/mol. The van der Waals surface area contributed by atoms with Gasteiger partial charge in [0, 0.05) is 50.9 Å². The molecule has 3 aliphatic heterocycles. The van der Waals surface area contributed by atoms with Crippen LogP contribution in [0.25, 0.3) is 0 Å². The summed E-state index contributed by atoms with van der Waals surface area (Å²) in [6.45, 7) is 8.61. The molecule has 7 nitrogen and oxygen atoms in total. The van der Waals surface area contributed by atoms with E-state index in [2.05, 4.69) is 40.6 Å². The Morgan fingerprint density at radius 3 is 2.68 bits per heavy atom. The van der Waals surface area contributed by atoms with E-state index in [9.17, 15) is 0 Å². The van der Waals surface area contributed by atoms with E-state index in [1.165, 1.54) is 18.7 Å². The van der Waals surface area contributed by atoms with Gasteiger partial charge in [-0.3, -0.25) is 4.90 Å². The molecule has 3 aliphatic rings. The Balaban J connectivity index is 1.23. The van der Waals surface area contributed by atoms with Crippen LogP contribution in [0.3, 0.4) is 0 Å². The normalized spacial score (nSPS) is 26.0. The third-order valence-corrected chi connectivity index (χ3v) is 5.98. The summed E-state index contributed by atoms with van der Waals surface area (Å²) in [5.74, 6) is 4.90. The SMILES string of the molecule is Cc1cc(N2CC3CN(Cc4nnc5n4CCCC5)CC3C2)ncn1. The van der Waals surface area contributed by atoms with Crippen molar-refractivity contribution in [1.82, 2.24) is 29.6 Å². The van der Waals surface area contributed by atoms with Crippen molar-refractivity contribution in [3.63, 3.8) is 0 Å². The highest BCUT2D eigenvalue weighted by Gasteiger charge is 2.40. The lowest BCUT2D eigenvalue weighted by atomic mass is 10.0. The van der Waals surface area contributed by atoms with Crippen molar-refractivity contribution in [3.8, 4) is 0 Å². The fraction of sp³-hybridized carbons (Fsp3) is 0.667. The summed E-state index contributed by atoms with van der Waals surface area (Å²) in [6.07, 6.45) is 5.28.